The van der Waals surface area contributed by atoms with Gasteiger partial charge in [0.25, 0.3) is 0 Å². The Kier molecular flexibility index (Phi) is 8.22. The number of amides is 1. The molecule has 6 nitrogen and oxygen atoms in total. The van der Waals surface area contributed by atoms with Gasteiger partial charge in [-0.15, -0.1) is 35.0 Å². The fourth-order valence-corrected chi connectivity index (χ4v) is 3.78. The van der Waals surface area contributed by atoms with E-state index in [1.165, 1.54) is 6.07 Å². The molecule has 9 heteroatoms. The lowest BCUT2D eigenvalue weighted by Crippen LogP contribution is -2.37. The number of benzene rings is 1. The van der Waals surface area contributed by atoms with Crippen LogP contribution in [0.5, 0.6) is 0 Å². The minimum Gasteiger partial charge on any atom is -0.326 e. The van der Waals surface area contributed by atoms with E-state index >= 15 is 0 Å². The van der Waals surface area contributed by atoms with Gasteiger partial charge in [0, 0.05) is 25.2 Å². The topological polar surface area (TPSA) is 71.8 Å². The number of rotatable bonds is 3. The number of piperidine rings is 1. The highest BCUT2D eigenvalue weighted by atomic mass is 35.5. The fraction of sp³-hybridized carbons (Fsp3) is 0.526. The van der Waals surface area contributed by atoms with Gasteiger partial charge < -0.3 is 15.2 Å². The Bertz CT molecular complexity index is 808. The summed E-state index contributed by atoms with van der Waals surface area (Å²) in [5, 5.41) is 14.7. The zero-order valence-electron chi connectivity index (χ0n) is 15.6. The number of fused-ring (bicyclic) bond motifs is 1. The summed E-state index contributed by atoms with van der Waals surface area (Å²) in [6.45, 7) is 2.46. The summed E-state index contributed by atoms with van der Waals surface area (Å²) < 4.78 is 16.5. The first-order chi connectivity index (χ1) is 12.7. The molecule has 0 spiro atoms. The number of carbonyl (C=O) groups excluding carboxylic acids is 1. The van der Waals surface area contributed by atoms with E-state index in [1.807, 2.05) is 4.57 Å². The predicted octanol–water partition coefficient (Wildman–Crippen LogP) is 3.59. The minimum absolute atomic E-state index is 0. The second-order valence-corrected chi connectivity index (χ2v) is 7.13. The van der Waals surface area contributed by atoms with Crippen molar-refractivity contribution in [3.8, 4) is 11.4 Å². The van der Waals surface area contributed by atoms with Crippen LogP contribution in [0.3, 0.4) is 0 Å². The molecule has 4 rings (SSSR count). The maximum atomic E-state index is 14.5. The summed E-state index contributed by atoms with van der Waals surface area (Å²) in [4.78, 5) is 12.5. The number of nitrogens with zero attached hydrogens (tertiary/aromatic N) is 3. The Morgan fingerprint density at radius 3 is 2.82 bits per heavy atom. The van der Waals surface area contributed by atoms with Gasteiger partial charge in [-0.1, -0.05) is 6.42 Å². The molecule has 2 aromatic rings. The Morgan fingerprint density at radius 1 is 1.18 bits per heavy atom. The van der Waals surface area contributed by atoms with E-state index in [1.54, 1.807) is 12.1 Å². The Labute approximate surface area is 176 Å². The zero-order valence-corrected chi connectivity index (χ0v) is 17.3. The fourth-order valence-electron chi connectivity index (χ4n) is 3.78. The summed E-state index contributed by atoms with van der Waals surface area (Å²) in [6, 6.07) is 4.67. The standard InChI is InChI=1S/C19H24FN5O.2ClH/c20-16-8-7-14(22-19(26)13-5-4-9-21-12-13)11-15(16)18-24-23-17-6-2-1-3-10-25(17)18;;/h7-8,11,13,21H,1-6,9-10,12H2,(H,22,26);2*1H. The van der Waals surface area contributed by atoms with Gasteiger partial charge in [0.15, 0.2) is 5.82 Å². The minimum atomic E-state index is -0.346. The van der Waals surface area contributed by atoms with Crippen LogP contribution in [0.4, 0.5) is 10.1 Å². The van der Waals surface area contributed by atoms with E-state index in [9.17, 15) is 9.18 Å². The first-order valence-corrected chi connectivity index (χ1v) is 9.46. The first-order valence-electron chi connectivity index (χ1n) is 9.46. The average Bonchev–Trinajstić information content (AvgIpc) is 2.92. The Balaban J connectivity index is 0.00000140. The Hall–Kier alpha value is -1.70. The van der Waals surface area contributed by atoms with Crippen molar-refractivity contribution in [1.82, 2.24) is 20.1 Å². The van der Waals surface area contributed by atoms with Crippen LogP contribution in [-0.4, -0.2) is 33.8 Å². The number of hydrogen-bond donors (Lipinski definition) is 2. The molecule has 1 saturated heterocycles. The average molecular weight is 430 g/mol. The quantitative estimate of drug-likeness (QED) is 0.781. The molecular formula is C19H26Cl2FN5O. The van der Waals surface area contributed by atoms with Crippen molar-refractivity contribution in [2.75, 3.05) is 18.4 Å². The number of anilines is 1. The molecule has 28 heavy (non-hydrogen) atoms. The van der Waals surface area contributed by atoms with Crippen LogP contribution in [0.1, 0.15) is 37.9 Å². The van der Waals surface area contributed by atoms with Crippen molar-refractivity contribution in [2.24, 2.45) is 5.92 Å². The predicted molar refractivity (Wildman–Crippen MR) is 112 cm³/mol. The van der Waals surface area contributed by atoms with E-state index in [-0.39, 0.29) is 42.5 Å². The zero-order chi connectivity index (χ0) is 17.9. The van der Waals surface area contributed by atoms with Crippen LogP contribution in [-0.2, 0) is 17.8 Å². The molecule has 0 bridgehead atoms. The van der Waals surface area contributed by atoms with Crippen LogP contribution in [0.25, 0.3) is 11.4 Å². The lowest BCUT2D eigenvalue weighted by atomic mass is 9.98. The molecule has 2 aliphatic rings. The first kappa shape index (κ1) is 22.6. The lowest BCUT2D eigenvalue weighted by molar-refractivity contribution is -0.120. The molecule has 3 heterocycles. The van der Waals surface area contributed by atoms with E-state index in [0.717, 1.165) is 57.4 Å². The van der Waals surface area contributed by atoms with Gasteiger partial charge in [-0.25, -0.2) is 4.39 Å². The van der Waals surface area contributed by atoms with Crippen molar-refractivity contribution in [3.05, 3.63) is 29.8 Å². The van der Waals surface area contributed by atoms with Gasteiger partial charge in [0.2, 0.25) is 5.91 Å². The SMILES string of the molecule is Cl.Cl.O=C(Nc1ccc(F)c(-c2nnc3n2CCCCC3)c1)C1CCCNC1. The number of hydrogen-bond acceptors (Lipinski definition) is 4. The molecule has 1 aromatic carbocycles. The van der Waals surface area contributed by atoms with E-state index in [2.05, 4.69) is 20.8 Å². The van der Waals surface area contributed by atoms with Crippen molar-refractivity contribution >= 4 is 36.4 Å². The van der Waals surface area contributed by atoms with Crippen LogP contribution < -0.4 is 10.6 Å². The highest BCUT2D eigenvalue weighted by Gasteiger charge is 2.22. The normalized spacial score (nSPS) is 18.8. The van der Waals surface area contributed by atoms with Gasteiger partial charge >= 0.3 is 0 Å². The highest BCUT2D eigenvalue weighted by molar-refractivity contribution is 5.93. The van der Waals surface area contributed by atoms with Gasteiger partial charge in [-0.2, -0.15) is 0 Å². The Morgan fingerprint density at radius 2 is 2.04 bits per heavy atom. The molecule has 1 fully saturated rings. The third-order valence-electron chi connectivity index (χ3n) is 5.25. The monoisotopic (exact) mass is 429 g/mol. The van der Waals surface area contributed by atoms with Crippen molar-refractivity contribution < 1.29 is 9.18 Å². The van der Waals surface area contributed by atoms with Crippen LogP contribution in [0, 0.1) is 11.7 Å². The molecule has 0 radical (unpaired) electrons. The van der Waals surface area contributed by atoms with Gasteiger partial charge in [0.1, 0.15) is 11.6 Å². The molecule has 0 saturated carbocycles. The largest absolute Gasteiger partial charge is 0.326 e. The number of carbonyl (C=O) groups is 1. The van der Waals surface area contributed by atoms with Crippen molar-refractivity contribution in [3.63, 3.8) is 0 Å². The molecule has 1 atom stereocenters. The van der Waals surface area contributed by atoms with Gasteiger partial charge in [0.05, 0.1) is 11.5 Å². The van der Waals surface area contributed by atoms with Crippen LogP contribution in [0.2, 0.25) is 0 Å². The maximum Gasteiger partial charge on any atom is 0.228 e. The van der Waals surface area contributed by atoms with E-state index < -0.39 is 0 Å². The van der Waals surface area contributed by atoms with Crippen LogP contribution >= 0.6 is 24.8 Å². The summed E-state index contributed by atoms with van der Waals surface area (Å²) in [6.07, 6.45) is 6.04. The summed E-state index contributed by atoms with van der Waals surface area (Å²) >= 11 is 0. The molecule has 2 aliphatic heterocycles. The number of aromatic nitrogens is 3. The molecule has 0 aliphatic carbocycles. The number of nitrogens with one attached hydrogen (secondary N) is 2. The molecule has 154 valence electrons. The molecule has 1 aromatic heterocycles. The maximum absolute atomic E-state index is 14.5. The van der Waals surface area contributed by atoms with Crippen LogP contribution in [0.15, 0.2) is 18.2 Å². The second-order valence-electron chi connectivity index (χ2n) is 7.13. The third kappa shape index (κ3) is 4.82. The van der Waals surface area contributed by atoms with E-state index in [0.29, 0.717) is 23.6 Å². The van der Waals surface area contributed by atoms with Gasteiger partial charge in [-0.05, 0) is 50.4 Å². The van der Waals surface area contributed by atoms with Gasteiger partial charge in [-0.3, -0.25) is 4.79 Å². The molecule has 2 N–H and O–H groups in total. The highest BCUT2D eigenvalue weighted by Crippen LogP contribution is 2.28. The van der Waals surface area contributed by atoms with Crippen molar-refractivity contribution in [2.45, 2.75) is 45.1 Å². The van der Waals surface area contributed by atoms with E-state index in [4.69, 9.17) is 0 Å². The number of halogens is 3. The smallest absolute Gasteiger partial charge is 0.228 e. The molecular weight excluding hydrogens is 404 g/mol. The summed E-state index contributed by atoms with van der Waals surface area (Å²) in [7, 11) is 0. The summed E-state index contributed by atoms with van der Waals surface area (Å²) in [5.41, 5.74) is 0.994. The molecule has 1 unspecified atom stereocenters. The third-order valence-corrected chi connectivity index (χ3v) is 5.25. The summed E-state index contributed by atoms with van der Waals surface area (Å²) in [5.74, 6) is 1.06. The van der Waals surface area contributed by atoms with Crippen molar-refractivity contribution in [1.29, 1.82) is 0 Å². The molecule has 1 amide bonds. The number of aryl methyl sites for hydroxylation is 1. The lowest BCUT2D eigenvalue weighted by Gasteiger charge is -2.22. The second kappa shape index (κ2) is 10.2.